The van der Waals surface area contributed by atoms with Gasteiger partial charge in [-0.1, -0.05) is 23.8 Å². The lowest BCUT2D eigenvalue weighted by molar-refractivity contribution is 0.432. The summed E-state index contributed by atoms with van der Waals surface area (Å²) in [6.07, 6.45) is 3.49. The first-order valence-electron chi connectivity index (χ1n) is 7.85. The maximum Gasteiger partial charge on any atom is 0.174 e. The van der Waals surface area contributed by atoms with Gasteiger partial charge in [0.25, 0.3) is 0 Å². The van der Waals surface area contributed by atoms with Crippen LogP contribution in [0.15, 0.2) is 71.5 Å². The molecule has 0 radical (unpaired) electrons. The Kier molecular flexibility index (Phi) is 3.78. The molecule has 2 atom stereocenters. The topological polar surface area (TPSA) is 41.3 Å². The van der Waals surface area contributed by atoms with Crippen LogP contribution in [0.2, 0.25) is 0 Å². The first-order chi connectivity index (χ1) is 11.7. The highest BCUT2D eigenvalue weighted by Crippen LogP contribution is 2.41. The Balaban J connectivity index is 1.80. The van der Waals surface area contributed by atoms with E-state index < -0.39 is 0 Å². The Bertz CT molecular complexity index is 831. The average Bonchev–Trinajstić information content (AvgIpc) is 3.24. The second-order valence-electron chi connectivity index (χ2n) is 5.85. The summed E-state index contributed by atoms with van der Waals surface area (Å²) in [5, 5.41) is 4.08. The number of aromatic nitrogens is 1. The lowest BCUT2D eigenvalue weighted by Crippen LogP contribution is -2.29. The van der Waals surface area contributed by atoms with Gasteiger partial charge in [0.2, 0.25) is 0 Å². The molecule has 1 fully saturated rings. The molecule has 24 heavy (non-hydrogen) atoms. The Morgan fingerprint density at radius 3 is 2.58 bits per heavy atom. The van der Waals surface area contributed by atoms with E-state index >= 15 is 0 Å². The zero-order valence-electron chi connectivity index (χ0n) is 13.2. The van der Waals surface area contributed by atoms with E-state index in [4.69, 9.17) is 16.6 Å². The number of pyridine rings is 1. The van der Waals surface area contributed by atoms with Gasteiger partial charge in [0, 0.05) is 11.9 Å². The van der Waals surface area contributed by atoms with Crippen LogP contribution < -0.4 is 10.2 Å². The van der Waals surface area contributed by atoms with Gasteiger partial charge in [0.1, 0.15) is 11.8 Å². The van der Waals surface area contributed by atoms with E-state index in [0.717, 1.165) is 17.1 Å². The zero-order valence-corrected chi connectivity index (χ0v) is 14.0. The minimum Gasteiger partial charge on any atom is -0.467 e. The molecule has 1 saturated heterocycles. The molecule has 0 amide bonds. The van der Waals surface area contributed by atoms with E-state index in [1.165, 1.54) is 5.56 Å². The molecule has 0 bridgehead atoms. The maximum absolute atomic E-state index is 5.72. The minimum atomic E-state index is -0.0786. The average molecular weight is 335 g/mol. The van der Waals surface area contributed by atoms with Gasteiger partial charge < -0.3 is 14.6 Å². The van der Waals surface area contributed by atoms with Crippen LogP contribution in [0.5, 0.6) is 0 Å². The summed E-state index contributed by atoms with van der Waals surface area (Å²) in [6, 6.07) is 18.0. The van der Waals surface area contributed by atoms with Crippen LogP contribution in [0, 0.1) is 6.92 Å². The van der Waals surface area contributed by atoms with Gasteiger partial charge in [-0.15, -0.1) is 0 Å². The highest BCUT2D eigenvalue weighted by Gasteiger charge is 2.42. The van der Waals surface area contributed by atoms with Crippen LogP contribution in [0.25, 0.3) is 0 Å². The summed E-state index contributed by atoms with van der Waals surface area (Å²) < 4.78 is 5.72. The summed E-state index contributed by atoms with van der Waals surface area (Å²) in [5.41, 5.74) is 3.20. The van der Waals surface area contributed by atoms with Gasteiger partial charge in [-0.05, 0) is 55.5 Å². The molecule has 0 unspecified atom stereocenters. The highest BCUT2D eigenvalue weighted by atomic mass is 32.1. The van der Waals surface area contributed by atoms with Crippen molar-refractivity contribution in [3.63, 3.8) is 0 Å². The van der Waals surface area contributed by atoms with Crippen molar-refractivity contribution in [2.24, 2.45) is 0 Å². The third-order valence-corrected chi connectivity index (χ3v) is 4.56. The van der Waals surface area contributed by atoms with Crippen molar-refractivity contribution < 1.29 is 4.42 Å². The standard InChI is InChI=1S/C19H17N3OS/c1-13-7-9-14(10-8-13)22-18(16-6-4-12-23-16)17(21-19(22)24)15-5-2-3-11-20-15/h2-12,17-18H,1H3,(H,21,24)/t17-,18+/m0/s1. The molecule has 0 aliphatic carbocycles. The summed E-state index contributed by atoms with van der Waals surface area (Å²) in [5.74, 6) is 0.860. The predicted molar refractivity (Wildman–Crippen MR) is 97.8 cm³/mol. The van der Waals surface area contributed by atoms with Gasteiger partial charge in [-0.3, -0.25) is 4.98 Å². The van der Waals surface area contributed by atoms with Gasteiger partial charge >= 0.3 is 0 Å². The second-order valence-corrected chi connectivity index (χ2v) is 6.23. The van der Waals surface area contributed by atoms with Crippen molar-refractivity contribution in [1.29, 1.82) is 0 Å². The molecule has 1 aromatic carbocycles. The number of thiocarbonyl (C=S) groups is 1. The summed E-state index contributed by atoms with van der Waals surface area (Å²) >= 11 is 5.63. The second kappa shape index (κ2) is 6.09. The van der Waals surface area contributed by atoms with Crippen LogP contribution in [0.1, 0.15) is 29.1 Å². The predicted octanol–water partition coefficient (Wildman–Crippen LogP) is 4.16. The van der Waals surface area contributed by atoms with Crippen LogP contribution >= 0.6 is 12.2 Å². The first kappa shape index (κ1) is 14.9. The van der Waals surface area contributed by atoms with Crippen molar-refractivity contribution in [3.8, 4) is 0 Å². The van der Waals surface area contributed by atoms with E-state index in [9.17, 15) is 0 Å². The third kappa shape index (κ3) is 2.57. The number of benzene rings is 1. The minimum absolute atomic E-state index is 0.0637. The van der Waals surface area contributed by atoms with Crippen molar-refractivity contribution in [2.75, 3.05) is 4.90 Å². The SMILES string of the molecule is Cc1ccc(N2C(=S)N[C@@H](c3ccccn3)[C@H]2c2ccco2)cc1. The van der Waals surface area contributed by atoms with Gasteiger partial charge in [0.05, 0.1) is 18.0 Å². The number of hydrogen-bond acceptors (Lipinski definition) is 3. The van der Waals surface area contributed by atoms with Gasteiger partial charge in [-0.25, -0.2) is 0 Å². The highest BCUT2D eigenvalue weighted by molar-refractivity contribution is 7.80. The zero-order chi connectivity index (χ0) is 16.5. The van der Waals surface area contributed by atoms with E-state index in [1.807, 2.05) is 30.3 Å². The number of nitrogens with one attached hydrogen (secondary N) is 1. The Labute approximate surface area is 146 Å². The number of nitrogens with zero attached hydrogens (tertiary/aromatic N) is 2. The number of anilines is 1. The molecular weight excluding hydrogens is 318 g/mol. The maximum atomic E-state index is 5.72. The molecule has 2 aromatic heterocycles. The molecule has 1 aliphatic heterocycles. The molecule has 3 heterocycles. The molecule has 0 saturated carbocycles. The van der Waals surface area contributed by atoms with E-state index in [1.54, 1.807) is 12.5 Å². The molecule has 4 rings (SSSR count). The number of rotatable bonds is 3. The largest absolute Gasteiger partial charge is 0.467 e. The normalized spacial score (nSPS) is 20.2. The van der Waals surface area contributed by atoms with Crippen molar-refractivity contribution in [1.82, 2.24) is 10.3 Å². The molecule has 5 heteroatoms. The Hall–Kier alpha value is -2.66. The fourth-order valence-corrected chi connectivity index (χ4v) is 3.43. The molecule has 1 aliphatic rings. The summed E-state index contributed by atoms with van der Waals surface area (Å²) in [7, 11) is 0. The molecule has 120 valence electrons. The molecule has 3 aromatic rings. The van der Waals surface area contributed by atoms with Crippen LogP contribution in [-0.4, -0.2) is 10.1 Å². The third-order valence-electron chi connectivity index (χ3n) is 4.24. The number of furan rings is 1. The molecule has 4 nitrogen and oxygen atoms in total. The van der Waals surface area contributed by atoms with Crippen molar-refractivity contribution in [3.05, 3.63) is 84.1 Å². The quantitative estimate of drug-likeness (QED) is 0.728. The molecule has 1 N–H and O–H groups in total. The van der Waals surface area contributed by atoms with Gasteiger partial charge in [-0.2, -0.15) is 0 Å². The lowest BCUT2D eigenvalue weighted by atomic mass is 10.0. The Morgan fingerprint density at radius 1 is 1.08 bits per heavy atom. The van der Waals surface area contributed by atoms with E-state index in [2.05, 4.69) is 46.4 Å². The smallest absolute Gasteiger partial charge is 0.174 e. The monoisotopic (exact) mass is 335 g/mol. The van der Waals surface area contributed by atoms with Crippen LogP contribution in [-0.2, 0) is 0 Å². The number of aryl methyl sites for hydroxylation is 1. The summed E-state index contributed by atoms with van der Waals surface area (Å²) in [6.45, 7) is 2.07. The lowest BCUT2D eigenvalue weighted by Gasteiger charge is -2.26. The van der Waals surface area contributed by atoms with Crippen molar-refractivity contribution >= 4 is 23.0 Å². The van der Waals surface area contributed by atoms with E-state index in [-0.39, 0.29) is 12.1 Å². The van der Waals surface area contributed by atoms with Crippen LogP contribution in [0.3, 0.4) is 0 Å². The van der Waals surface area contributed by atoms with Crippen molar-refractivity contribution in [2.45, 2.75) is 19.0 Å². The molecular formula is C19H17N3OS. The molecule has 0 spiro atoms. The number of hydrogen-bond donors (Lipinski definition) is 1. The van der Waals surface area contributed by atoms with Crippen LogP contribution in [0.4, 0.5) is 5.69 Å². The fraction of sp³-hybridized carbons (Fsp3) is 0.158. The fourth-order valence-electron chi connectivity index (χ4n) is 3.09. The first-order valence-corrected chi connectivity index (χ1v) is 8.25. The Morgan fingerprint density at radius 2 is 1.92 bits per heavy atom. The summed E-state index contributed by atoms with van der Waals surface area (Å²) in [4.78, 5) is 6.61. The van der Waals surface area contributed by atoms with Gasteiger partial charge in [0.15, 0.2) is 5.11 Å². The van der Waals surface area contributed by atoms with E-state index in [0.29, 0.717) is 5.11 Å².